The first-order valence-corrected chi connectivity index (χ1v) is 12.1. The molecule has 0 radical (unpaired) electrons. The summed E-state index contributed by atoms with van der Waals surface area (Å²) >= 11 is 0. The van der Waals surface area contributed by atoms with E-state index in [0.717, 1.165) is 32.1 Å². The zero-order chi connectivity index (χ0) is 21.0. The lowest BCUT2D eigenvalue weighted by Gasteiger charge is -2.57. The molecule has 3 saturated carbocycles. The number of hydrogen-bond donors (Lipinski definition) is 2. The largest absolute Gasteiger partial charge is 0.393 e. The van der Waals surface area contributed by atoms with E-state index in [1.54, 1.807) is 16.7 Å². The minimum atomic E-state index is -0.258. The molecule has 4 aliphatic rings. The summed E-state index contributed by atoms with van der Waals surface area (Å²) in [6.45, 7) is 11.7. The maximum atomic E-state index is 11.1. The molecular weight excluding hydrogens is 356 g/mol. The second kappa shape index (κ2) is 7.68. The maximum absolute atomic E-state index is 11.1. The van der Waals surface area contributed by atoms with Gasteiger partial charge in [-0.05, 0) is 107 Å². The van der Waals surface area contributed by atoms with Crippen molar-refractivity contribution in [1.29, 1.82) is 0 Å². The standard InChI is InChI=1S/C27H42O2/c1-17(2)7-6-8-18(3)21-9-10-22-20-16-25(29)24-15-19(28)11-13-27(24,5)23(20)12-14-26(21,22)4/h7,12,19-20,22,24-25,28-29H,6,8-11,13-16H2,1-5H3/b21-18+. The number of rotatable bonds is 3. The van der Waals surface area contributed by atoms with Crippen LogP contribution in [0.25, 0.3) is 0 Å². The molecule has 29 heavy (non-hydrogen) atoms. The van der Waals surface area contributed by atoms with Gasteiger partial charge >= 0.3 is 0 Å². The molecule has 0 aromatic rings. The Morgan fingerprint density at radius 1 is 1.07 bits per heavy atom. The van der Waals surface area contributed by atoms with Crippen molar-refractivity contribution in [2.75, 3.05) is 0 Å². The molecule has 4 aliphatic carbocycles. The van der Waals surface area contributed by atoms with Crippen LogP contribution in [0.4, 0.5) is 0 Å². The van der Waals surface area contributed by atoms with Crippen LogP contribution in [-0.2, 0) is 0 Å². The van der Waals surface area contributed by atoms with Crippen LogP contribution in [0.1, 0.15) is 92.4 Å². The fourth-order valence-electron chi connectivity index (χ4n) is 7.80. The average Bonchev–Trinajstić information content (AvgIpc) is 3.00. The van der Waals surface area contributed by atoms with Gasteiger partial charge in [0.2, 0.25) is 0 Å². The predicted molar refractivity (Wildman–Crippen MR) is 120 cm³/mol. The first kappa shape index (κ1) is 21.4. The van der Waals surface area contributed by atoms with E-state index in [4.69, 9.17) is 0 Å². The molecule has 0 aromatic heterocycles. The number of aliphatic hydroxyl groups is 2. The molecule has 2 heteroatoms. The molecule has 2 N–H and O–H groups in total. The van der Waals surface area contributed by atoms with Crippen molar-refractivity contribution >= 4 is 0 Å². The quantitative estimate of drug-likeness (QED) is 0.544. The Morgan fingerprint density at radius 3 is 2.55 bits per heavy atom. The number of aliphatic hydroxyl groups excluding tert-OH is 2. The summed E-state index contributed by atoms with van der Waals surface area (Å²) in [6.07, 6.45) is 14.1. The van der Waals surface area contributed by atoms with Crippen LogP contribution in [0.5, 0.6) is 0 Å². The highest BCUT2D eigenvalue weighted by Gasteiger charge is 2.58. The molecule has 0 heterocycles. The Bertz CT molecular complexity index is 740. The third kappa shape index (κ3) is 3.49. The minimum Gasteiger partial charge on any atom is -0.393 e. The van der Waals surface area contributed by atoms with Gasteiger partial charge in [0.05, 0.1) is 12.2 Å². The van der Waals surface area contributed by atoms with E-state index in [9.17, 15) is 10.2 Å². The molecule has 3 fully saturated rings. The second-order valence-corrected chi connectivity index (χ2v) is 11.4. The lowest BCUT2D eigenvalue weighted by atomic mass is 9.48. The Labute approximate surface area is 178 Å². The Balaban J connectivity index is 1.63. The lowest BCUT2D eigenvalue weighted by molar-refractivity contribution is -0.0777. The monoisotopic (exact) mass is 398 g/mol. The zero-order valence-electron chi connectivity index (χ0n) is 19.3. The predicted octanol–water partition coefficient (Wildman–Crippen LogP) is 6.34. The fraction of sp³-hybridized carbons (Fsp3) is 0.778. The molecule has 0 spiro atoms. The fourth-order valence-corrected chi connectivity index (χ4v) is 7.80. The van der Waals surface area contributed by atoms with Crippen molar-refractivity contribution in [1.82, 2.24) is 0 Å². The first-order valence-electron chi connectivity index (χ1n) is 12.1. The number of fused-ring (bicyclic) bond motifs is 5. The van der Waals surface area contributed by atoms with Crippen LogP contribution in [-0.4, -0.2) is 22.4 Å². The van der Waals surface area contributed by atoms with E-state index >= 15 is 0 Å². The van der Waals surface area contributed by atoms with Crippen LogP contribution < -0.4 is 0 Å². The van der Waals surface area contributed by atoms with Gasteiger partial charge in [-0.3, -0.25) is 0 Å². The van der Waals surface area contributed by atoms with Crippen LogP contribution in [0, 0.1) is 28.6 Å². The average molecular weight is 399 g/mol. The third-order valence-electron chi connectivity index (χ3n) is 9.39. The molecule has 162 valence electrons. The summed E-state index contributed by atoms with van der Waals surface area (Å²) in [5.41, 5.74) is 6.77. The molecule has 7 atom stereocenters. The molecule has 0 bridgehead atoms. The Hall–Kier alpha value is -0.860. The normalized spacial score (nSPS) is 45.6. The highest BCUT2D eigenvalue weighted by molar-refractivity contribution is 5.36. The minimum absolute atomic E-state index is 0.0911. The van der Waals surface area contributed by atoms with Crippen LogP contribution in [0.15, 0.2) is 34.4 Å². The lowest BCUT2D eigenvalue weighted by Crippen LogP contribution is -2.53. The Morgan fingerprint density at radius 2 is 1.83 bits per heavy atom. The van der Waals surface area contributed by atoms with Gasteiger partial charge in [-0.2, -0.15) is 0 Å². The molecule has 0 aromatic carbocycles. The Kier molecular flexibility index (Phi) is 5.66. The summed E-state index contributed by atoms with van der Waals surface area (Å²) in [5, 5.41) is 21.3. The van der Waals surface area contributed by atoms with Gasteiger partial charge in [0.1, 0.15) is 0 Å². The van der Waals surface area contributed by atoms with Crippen LogP contribution in [0.2, 0.25) is 0 Å². The maximum Gasteiger partial charge on any atom is 0.0583 e. The second-order valence-electron chi connectivity index (χ2n) is 11.4. The molecule has 2 nitrogen and oxygen atoms in total. The van der Waals surface area contributed by atoms with Crippen LogP contribution >= 0.6 is 0 Å². The topological polar surface area (TPSA) is 40.5 Å². The summed E-state index contributed by atoms with van der Waals surface area (Å²) < 4.78 is 0. The van der Waals surface area contributed by atoms with Crippen molar-refractivity contribution in [3.63, 3.8) is 0 Å². The zero-order valence-corrected chi connectivity index (χ0v) is 19.3. The third-order valence-corrected chi connectivity index (χ3v) is 9.39. The van der Waals surface area contributed by atoms with E-state index in [2.05, 4.69) is 46.8 Å². The molecule has 7 unspecified atom stereocenters. The molecule has 0 amide bonds. The van der Waals surface area contributed by atoms with E-state index in [-0.39, 0.29) is 29.0 Å². The summed E-state index contributed by atoms with van der Waals surface area (Å²) in [5.74, 6) is 1.44. The smallest absolute Gasteiger partial charge is 0.0583 e. The SMILES string of the molecule is CC(C)=CCC/C(C)=C1\CCC2C3CC(O)C4CC(O)CCC4(C)C3=CCC12C. The highest BCUT2D eigenvalue weighted by atomic mass is 16.3. The number of allylic oxidation sites excluding steroid dienone is 6. The van der Waals surface area contributed by atoms with Crippen molar-refractivity contribution in [3.05, 3.63) is 34.4 Å². The molecule has 0 aliphatic heterocycles. The highest BCUT2D eigenvalue weighted by Crippen LogP contribution is 2.65. The van der Waals surface area contributed by atoms with Gasteiger partial charge in [0.25, 0.3) is 0 Å². The van der Waals surface area contributed by atoms with E-state index in [1.165, 1.54) is 31.3 Å². The van der Waals surface area contributed by atoms with Gasteiger partial charge in [-0.1, -0.05) is 48.3 Å². The van der Waals surface area contributed by atoms with Gasteiger partial charge in [0.15, 0.2) is 0 Å². The van der Waals surface area contributed by atoms with Crippen molar-refractivity contribution in [2.24, 2.45) is 28.6 Å². The van der Waals surface area contributed by atoms with E-state index in [0.29, 0.717) is 11.8 Å². The molecule has 0 saturated heterocycles. The summed E-state index contributed by atoms with van der Waals surface area (Å²) in [6, 6.07) is 0. The van der Waals surface area contributed by atoms with Crippen molar-refractivity contribution in [2.45, 2.75) is 105 Å². The van der Waals surface area contributed by atoms with E-state index < -0.39 is 0 Å². The first-order chi connectivity index (χ1) is 13.7. The van der Waals surface area contributed by atoms with Crippen molar-refractivity contribution < 1.29 is 10.2 Å². The van der Waals surface area contributed by atoms with Gasteiger partial charge in [-0.25, -0.2) is 0 Å². The molecule has 4 rings (SSSR count). The number of hydrogen-bond acceptors (Lipinski definition) is 2. The van der Waals surface area contributed by atoms with Crippen LogP contribution in [0.3, 0.4) is 0 Å². The van der Waals surface area contributed by atoms with E-state index in [1.807, 2.05) is 0 Å². The molecular formula is C27H42O2. The summed E-state index contributed by atoms with van der Waals surface area (Å²) in [7, 11) is 0. The van der Waals surface area contributed by atoms with Gasteiger partial charge in [0, 0.05) is 0 Å². The van der Waals surface area contributed by atoms with Gasteiger partial charge < -0.3 is 10.2 Å². The van der Waals surface area contributed by atoms with Gasteiger partial charge in [-0.15, -0.1) is 0 Å². The van der Waals surface area contributed by atoms with Crippen molar-refractivity contribution in [3.8, 4) is 0 Å². The summed E-state index contributed by atoms with van der Waals surface area (Å²) in [4.78, 5) is 0.